The first-order valence-electron chi connectivity index (χ1n) is 4.50. The number of ether oxygens (including phenoxy) is 2. The van der Waals surface area contributed by atoms with Crippen molar-refractivity contribution in [2.24, 2.45) is 0 Å². The van der Waals surface area contributed by atoms with Crippen LogP contribution in [0.1, 0.15) is 5.82 Å². The second-order valence-electron chi connectivity index (χ2n) is 3.25. The van der Waals surface area contributed by atoms with Crippen LogP contribution in [0.3, 0.4) is 0 Å². The minimum absolute atomic E-state index is 0.384. The molecule has 1 aromatic rings. The zero-order chi connectivity index (χ0) is 11.6. The molecule has 1 aliphatic heterocycles. The second-order valence-corrected chi connectivity index (χ2v) is 5.04. The predicted octanol–water partition coefficient (Wildman–Crippen LogP) is 2.02. The van der Waals surface area contributed by atoms with Gasteiger partial charge in [0.15, 0.2) is 5.82 Å². The fraction of sp³-hybridized carbons (Fsp3) is 0.444. The predicted molar refractivity (Wildman–Crippen MR) is 66.7 cm³/mol. The van der Waals surface area contributed by atoms with Gasteiger partial charge in [0, 0.05) is 6.20 Å². The molecular formula is C9H9ClN2O2S2. The molecule has 0 N–H and O–H groups in total. The Hall–Kier alpha value is -0.430. The molecule has 1 saturated heterocycles. The Balaban J connectivity index is 2.24. The van der Waals surface area contributed by atoms with Crippen molar-refractivity contribution in [2.45, 2.75) is 5.60 Å². The van der Waals surface area contributed by atoms with Gasteiger partial charge in [0.25, 0.3) is 0 Å². The number of hydrogen-bond donors (Lipinski definition) is 0. The highest BCUT2D eigenvalue weighted by atomic mass is 35.5. The number of rotatable bonds is 2. The first-order valence-corrected chi connectivity index (χ1v) is 6.51. The number of aromatic nitrogens is 2. The van der Waals surface area contributed by atoms with Gasteiger partial charge in [0.05, 0.1) is 13.2 Å². The maximum Gasteiger partial charge on any atom is 0.220 e. The molecule has 0 spiro atoms. The van der Waals surface area contributed by atoms with Crippen molar-refractivity contribution in [1.29, 1.82) is 0 Å². The standard InChI is InChI=1S/C9H9ClN2O2S2/c1-16-8(15)14-9(4-13-5-9)7-11-3-2-6(10)12-7/h2-3H,4-5H2,1H3. The summed E-state index contributed by atoms with van der Waals surface area (Å²) in [6, 6.07) is 1.62. The highest BCUT2D eigenvalue weighted by molar-refractivity contribution is 8.22. The van der Waals surface area contributed by atoms with Gasteiger partial charge in [0.1, 0.15) is 5.15 Å². The van der Waals surface area contributed by atoms with Gasteiger partial charge < -0.3 is 9.47 Å². The molecule has 0 atom stereocenters. The lowest BCUT2D eigenvalue weighted by molar-refractivity contribution is -0.176. The summed E-state index contributed by atoms with van der Waals surface area (Å²) in [4.78, 5) is 8.29. The maximum absolute atomic E-state index is 5.82. The third-order valence-electron chi connectivity index (χ3n) is 2.14. The van der Waals surface area contributed by atoms with Crippen LogP contribution in [0.25, 0.3) is 0 Å². The molecule has 0 saturated carbocycles. The van der Waals surface area contributed by atoms with Gasteiger partial charge in [-0.05, 0) is 24.5 Å². The summed E-state index contributed by atoms with van der Waals surface area (Å²) in [5.74, 6) is 0.516. The van der Waals surface area contributed by atoms with E-state index in [-0.39, 0.29) is 0 Å². The number of hydrogen-bond acceptors (Lipinski definition) is 6. The lowest BCUT2D eigenvalue weighted by Crippen LogP contribution is -2.50. The monoisotopic (exact) mass is 276 g/mol. The molecule has 0 aliphatic carbocycles. The van der Waals surface area contributed by atoms with Gasteiger partial charge >= 0.3 is 0 Å². The average Bonchev–Trinajstić information content (AvgIpc) is 2.23. The highest BCUT2D eigenvalue weighted by Crippen LogP contribution is 2.33. The van der Waals surface area contributed by atoms with Crippen LogP contribution in [-0.4, -0.2) is 33.8 Å². The van der Waals surface area contributed by atoms with Crippen LogP contribution < -0.4 is 0 Å². The summed E-state index contributed by atoms with van der Waals surface area (Å²) in [6.07, 6.45) is 3.45. The third-order valence-corrected chi connectivity index (χ3v) is 3.36. The molecule has 1 aliphatic rings. The van der Waals surface area contributed by atoms with E-state index in [9.17, 15) is 0 Å². The average molecular weight is 277 g/mol. The molecule has 4 nitrogen and oxygen atoms in total. The first-order chi connectivity index (χ1) is 7.66. The van der Waals surface area contributed by atoms with E-state index in [1.807, 2.05) is 6.26 Å². The summed E-state index contributed by atoms with van der Waals surface area (Å²) in [7, 11) is 0. The van der Waals surface area contributed by atoms with E-state index < -0.39 is 5.60 Å². The van der Waals surface area contributed by atoms with Crippen molar-refractivity contribution in [3.05, 3.63) is 23.2 Å². The molecule has 16 heavy (non-hydrogen) atoms. The van der Waals surface area contributed by atoms with Crippen molar-refractivity contribution >= 4 is 40.0 Å². The van der Waals surface area contributed by atoms with Gasteiger partial charge in [-0.1, -0.05) is 23.4 Å². The highest BCUT2D eigenvalue weighted by Gasteiger charge is 2.46. The summed E-state index contributed by atoms with van der Waals surface area (Å²) in [6.45, 7) is 0.794. The van der Waals surface area contributed by atoms with E-state index >= 15 is 0 Å². The SMILES string of the molecule is CSC(=S)OC1(c2nccc(Cl)n2)COC1. The lowest BCUT2D eigenvalue weighted by atomic mass is 10.0. The minimum atomic E-state index is -0.662. The van der Waals surface area contributed by atoms with Crippen molar-refractivity contribution < 1.29 is 9.47 Å². The summed E-state index contributed by atoms with van der Waals surface area (Å²) in [5, 5.41) is 0.384. The molecule has 0 aromatic carbocycles. The fourth-order valence-electron chi connectivity index (χ4n) is 1.28. The topological polar surface area (TPSA) is 44.2 Å². The molecule has 0 bridgehead atoms. The van der Waals surface area contributed by atoms with Crippen LogP contribution in [0.15, 0.2) is 12.3 Å². The van der Waals surface area contributed by atoms with Crippen LogP contribution in [0, 0.1) is 0 Å². The Morgan fingerprint density at radius 1 is 1.69 bits per heavy atom. The zero-order valence-corrected chi connectivity index (χ0v) is 10.9. The van der Waals surface area contributed by atoms with Crippen LogP contribution in [0.2, 0.25) is 5.15 Å². The third kappa shape index (κ3) is 2.29. The van der Waals surface area contributed by atoms with Gasteiger partial charge in [0.2, 0.25) is 9.98 Å². The Kier molecular flexibility index (Phi) is 3.63. The molecule has 1 fully saturated rings. The molecule has 1 aromatic heterocycles. The van der Waals surface area contributed by atoms with Gasteiger partial charge in [-0.2, -0.15) is 0 Å². The molecule has 0 unspecified atom stereocenters. The van der Waals surface area contributed by atoms with E-state index in [2.05, 4.69) is 9.97 Å². The lowest BCUT2D eigenvalue weighted by Gasteiger charge is -2.39. The number of halogens is 1. The van der Waals surface area contributed by atoms with Gasteiger partial charge in [-0.25, -0.2) is 9.97 Å². The van der Waals surface area contributed by atoms with E-state index in [0.717, 1.165) is 0 Å². The number of thiocarbonyl (C=S) groups is 1. The smallest absolute Gasteiger partial charge is 0.220 e. The van der Waals surface area contributed by atoms with E-state index in [0.29, 0.717) is 28.6 Å². The van der Waals surface area contributed by atoms with Crippen molar-refractivity contribution in [2.75, 3.05) is 19.5 Å². The molecular weight excluding hydrogens is 268 g/mol. The van der Waals surface area contributed by atoms with Crippen LogP contribution in [0.4, 0.5) is 0 Å². The number of thioether (sulfide) groups is 1. The van der Waals surface area contributed by atoms with Crippen LogP contribution in [0.5, 0.6) is 0 Å². The van der Waals surface area contributed by atoms with Crippen molar-refractivity contribution in [3.63, 3.8) is 0 Å². The minimum Gasteiger partial charge on any atom is -0.459 e. The first kappa shape index (κ1) is 12.0. The molecule has 0 radical (unpaired) electrons. The quantitative estimate of drug-likeness (QED) is 0.608. The Labute approximate surface area is 108 Å². The second kappa shape index (κ2) is 4.83. The molecule has 2 rings (SSSR count). The normalized spacial score (nSPS) is 17.6. The van der Waals surface area contributed by atoms with Crippen molar-refractivity contribution in [1.82, 2.24) is 9.97 Å². The number of nitrogens with zero attached hydrogens (tertiary/aromatic N) is 2. The molecule has 7 heteroatoms. The fourth-order valence-corrected chi connectivity index (χ4v) is 1.82. The van der Waals surface area contributed by atoms with Gasteiger partial charge in [-0.15, -0.1) is 0 Å². The van der Waals surface area contributed by atoms with Crippen LogP contribution >= 0.6 is 35.6 Å². The maximum atomic E-state index is 5.82. The Bertz CT molecular complexity index is 412. The van der Waals surface area contributed by atoms with E-state index in [4.69, 9.17) is 33.3 Å². The van der Waals surface area contributed by atoms with Gasteiger partial charge in [-0.3, -0.25) is 0 Å². The molecule has 0 amide bonds. The zero-order valence-electron chi connectivity index (χ0n) is 8.47. The van der Waals surface area contributed by atoms with Crippen molar-refractivity contribution in [3.8, 4) is 0 Å². The summed E-state index contributed by atoms with van der Waals surface area (Å²) < 4.78 is 11.3. The van der Waals surface area contributed by atoms with E-state index in [1.54, 1.807) is 12.3 Å². The Morgan fingerprint density at radius 3 is 2.94 bits per heavy atom. The summed E-state index contributed by atoms with van der Waals surface area (Å²) >= 11 is 12.2. The van der Waals surface area contributed by atoms with E-state index in [1.165, 1.54) is 11.8 Å². The largest absolute Gasteiger partial charge is 0.459 e. The summed E-state index contributed by atoms with van der Waals surface area (Å²) in [5.41, 5.74) is -0.662. The Morgan fingerprint density at radius 2 is 2.44 bits per heavy atom. The molecule has 2 heterocycles. The van der Waals surface area contributed by atoms with Crippen LogP contribution in [-0.2, 0) is 15.1 Å². The molecule has 86 valence electrons.